The van der Waals surface area contributed by atoms with E-state index in [4.69, 9.17) is 4.74 Å². The minimum Gasteiger partial charge on any atom is -0.460 e. The number of benzene rings is 3. The van der Waals surface area contributed by atoms with Crippen LogP contribution in [0.25, 0.3) is 0 Å². The average Bonchev–Trinajstić information content (AvgIpc) is 2.74. The fourth-order valence-corrected chi connectivity index (χ4v) is 4.02. The molecule has 0 amide bonds. The Labute approximate surface area is 175 Å². The summed E-state index contributed by atoms with van der Waals surface area (Å²) in [5, 5.41) is 0. The molecular formula is C23H22FNO4S. The number of esters is 1. The van der Waals surface area contributed by atoms with Crippen molar-refractivity contribution in [3.63, 3.8) is 0 Å². The molecule has 1 N–H and O–H groups in total. The summed E-state index contributed by atoms with van der Waals surface area (Å²) in [4.78, 5) is 12.8. The van der Waals surface area contributed by atoms with Crippen molar-refractivity contribution < 1.29 is 22.3 Å². The maximum absolute atomic E-state index is 13.2. The Bertz CT molecular complexity index is 1080. The third kappa shape index (κ3) is 5.98. The lowest BCUT2D eigenvalue weighted by molar-refractivity contribution is -0.147. The van der Waals surface area contributed by atoms with Gasteiger partial charge in [-0.15, -0.1) is 0 Å². The van der Waals surface area contributed by atoms with Gasteiger partial charge in [-0.05, 0) is 48.7 Å². The van der Waals surface area contributed by atoms with Crippen molar-refractivity contribution >= 4 is 16.0 Å². The molecular weight excluding hydrogens is 405 g/mol. The second-order valence-corrected chi connectivity index (χ2v) is 8.62. The summed E-state index contributed by atoms with van der Waals surface area (Å²) in [7, 11) is -3.96. The zero-order chi connectivity index (χ0) is 21.6. The van der Waals surface area contributed by atoms with Crippen LogP contribution in [0.1, 0.15) is 16.7 Å². The van der Waals surface area contributed by atoms with Crippen molar-refractivity contribution in [1.29, 1.82) is 0 Å². The number of rotatable bonds is 8. The molecule has 3 rings (SSSR count). The van der Waals surface area contributed by atoms with Crippen molar-refractivity contribution in [2.75, 3.05) is 0 Å². The number of nitrogens with one attached hydrogen (secondary N) is 1. The maximum atomic E-state index is 13.2. The summed E-state index contributed by atoms with van der Waals surface area (Å²) in [6, 6.07) is 19.8. The first-order valence-corrected chi connectivity index (χ1v) is 10.9. The lowest BCUT2D eigenvalue weighted by Crippen LogP contribution is -2.43. The molecule has 0 saturated heterocycles. The normalized spacial score (nSPS) is 12.3. The van der Waals surface area contributed by atoms with Crippen LogP contribution in [-0.4, -0.2) is 20.4 Å². The molecule has 3 aromatic carbocycles. The summed E-state index contributed by atoms with van der Waals surface area (Å²) in [6.45, 7) is 1.87. The molecule has 0 unspecified atom stereocenters. The molecule has 7 heteroatoms. The van der Waals surface area contributed by atoms with Crippen LogP contribution >= 0.6 is 0 Å². The predicted molar refractivity (Wildman–Crippen MR) is 112 cm³/mol. The highest BCUT2D eigenvalue weighted by Gasteiger charge is 2.27. The number of hydrogen-bond donors (Lipinski definition) is 1. The van der Waals surface area contributed by atoms with Gasteiger partial charge in [-0.3, -0.25) is 4.79 Å². The van der Waals surface area contributed by atoms with Crippen LogP contribution in [0.15, 0.2) is 83.8 Å². The number of hydrogen-bond acceptors (Lipinski definition) is 4. The van der Waals surface area contributed by atoms with E-state index in [1.54, 1.807) is 24.3 Å². The molecule has 3 aromatic rings. The highest BCUT2D eigenvalue weighted by molar-refractivity contribution is 7.89. The third-order valence-electron chi connectivity index (χ3n) is 4.49. The minimum atomic E-state index is -3.96. The van der Waals surface area contributed by atoms with E-state index in [9.17, 15) is 17.6 Å². The molecule has 0 aliphatic heterocycles. The molecule has 0 aromatic heterocycles. The molecule has 0 heterocycles. The molecule has 156 valence electrons. The number of ether oxygens (including phenoxy) is 1. The predicted octanol–water partition coefficient (Wildman–Crippen LogP) is 3.77. The van der Waals surface area contributed by atoms with Gasteiger partial charge in [-0.1, -0.05) is 60.2 Å². The highest BCUT2D eigenvalue weighted by atomic mass is 32.2. The summed E-state index contributed by atoms with van der Waals surface area (Å²) in [5.41, 5.74) is 2.30. The van der Waals surface area contributed by atoms with Crippen LogP contribution in [0.4, 0.5) is 4.39 Å². The van der Waals surface area contributed by atoms with Crippen molar-refractivity contribution in [3.8, 4) is 0 Å². The zero-order valence-electron chi connectivity index (χ0n) is 16.4. The van der Waals surface area contributed by atoms with Crippen LogP contribution in [-0.2, 0) is 32.6 Å². The minimum absolute atomic E-state index is 0.0197. The Morgan fingerprint density at radius 1 is 0.933 bits per heavy atom. The molecule has 0 bridgehead atoms. The third-order valence-corrected chi connectivity index (χ3v) is 5.98. The fourth-order valence-electron chi connectivity index (χ4n) is 2.83. The molecule has 0 radical (unpaired) electrons. The molecule has 30 heavy (non-hydrogen) atoms. The van der Waals surface area contributed by atoms with Gasteiger partial charge in [-0.2, -0.15) is 4.72 Å². The average molecular weight is 427 g/mol. The number of sulfonamides is 1. The van der Waals surface area contributed by atoms with E-state index in [0.717, 1.165) is 11.1 Å². The second-order valence-electron chi connectivity index (χ2n) is 6.91. The molecule has 1 atom stereocenters. The first kappa shape index (κ1) is 21.7. The fraction of sp³-hybridized carbons (Fsp3) is 0.174. The molecule has 0 aliphatic carbocycles. The zero-order valence-corrected chi connectivity index (χ0v) is 17.2. The van der Waals surface area contributed by atoms with Gasteiger partial charge in [0.05, 0.1) is 4.90 Å². The van der Waals surface area contributed by atoms with Crippen LogP contribution in [0.3, 0.4) is 0 Å². The summed E-state index contributed by atoms with van der Waals surface area (Å²) in [6.07, 6.45) is 0.0268. The van der Waals surface area contributed by atoms with E-state index in [1.807, 2.05) is 25.1 Å². The molecule has 0 saturated carbocycles. The topological polar surface area (TPSA) is 72.5 Å². The van der Waals surface area contributed by atoms with E-state index in [-0.39, 0.29) is 17.9 Å². The van der Waals surface area contributed by atoms with Gasteiger partial charge >= 0.3 is 5.97 Å². The Morgan fingerprint density at radius 3 is 2.20 bits per heavy atom. The number of carbonyl (C=O) groups excluding carboxylic acids is 1. The SMILES string of the molecule is Cc1ccc(S(=O)(=O)N[C@@H](Cc2ccc(F)cc2)C(=O)OCc2ccccc2)cc1. The standard InChI is InChI=1S/C23H22FNO4S/c1-17-7-13-21(14-8-17)30(27,28)25-22(15-18-9-11-20(24)12-10-18)23(26)29-16-19-5-3-2-4-6-19/h2-14,22,25H,15-16H2,1H3/t22-/m0/s1. The molecule has 0 spiro atoms. The van der Waals surface area contributed by atoms with Gasteiger partial charge in [0, 0.05) is 0 Å². The molecule has 0 fully saturated rings. The maximum Gasteiger partial charge on any atom is 0.324 e. The second kappa shape index (κ2) is 9.65. The van der Waals surface area contributed by atoms with Crippen LogP contribution < -0.4 is 4.72 Å². The summed E-state index contributed by atoms with van der Waals surface area (Å²) >= 11 is 0. The smallest absolute Gasteiger partial charge is 0.324 e. The van der Waals surface area contributed by atoms with Crippen molar-refractivity contribution in [2.45, 2.75) is 30.9 Å². The molecule has 0 aliphatic rings. The lowest BCUT2D eigenvalue weighted by Gasteiger charge is -2.18. The van der Waals surface area contributed by atoms with Crippen molar-refractivity contribution in [1.82, 2.24) is 4.72 Å². The van der Waals surface area contributed by atoms with Gasteiger partial charge in [0.25, 0.3) is 0 Å². The number of aryl methyl sites for hydroxylation is 1. The van der Waals surface area contributed by atoms with E-state index in [2.05, 4.69) is 4.72 Å². The van der Waals surface area contributed by atoms with Crippen LogP contribution in [0, 0.1) is 12.7 Å². The summed E-state index contributed by atoms with van der Waals surface area (Å²) < 4.78 is 46.6. The van der Waals surface area contributed by atoms with Crippen LogP contribution in [0.2, 0.25) is 0 Å². The first-order chi connectivity index (χ1) is 14.3. The highest BCUT2D eigenvalue weighted by Crippen LogP contribution is 2.14. The first-order valence-electron chi connectivity index (χ1n) is 9.37. The van der Waals surface area contributed by atoms with Gasteiger partial charge in [0.2, 0.25) is 10.0 Å². The van der Waals surface area contributed by atoms with Gasteiger partial charge < -0.3 is 4.74 Å². The van der Waals surface area contributed by atoms with Crippen molar-refractivity contribution in [2.24, 2.45) is 0 Å². The Morgan fingerprint density at radius 2 is 1.57 bits per heavy atom. The van der Waals surface area contributed by atoms with Crippen LogP contribution in [0.5, 0.6) is 0 Å². The van der Waals surface area contributed by atoms with E-state index in [0.29, 0.717) is 5.56 Å². The Kier molecular flexibility index (Phi) is 6.97. The van der Waals surface area contributed by atoms with E-state index >= 15 is 0 Å². The van der Waals surface area contributed by atoms with Gasteiger partial charge in [-0.25, -0.2) is 12.8 Å². The lowest BCUT2D eigenvalue weighted by atomic mass is 10.1. The quantitative estimate of drug-likeness (QED) is 0.556. The van der Waals surface area contributed by atoms with E-state index in [1.165, 1.54) is 36.4 Å². The monoisotopic (exact) mass is 427 g/mol. The summed E-state index contributed by atoms with van der Waals surface area (Å²) in [5.74, 6) is -1.12. The number of halogens is 1. The molecule has 5 nitrogen and oxygen atoms in total. The van der Waals surface area contributed by atoms with E-state index < -0.39 is 27.9 Å². The van der Waals surface area contributed by atoms with Gasteiger partial charge in [0.15, 0.2) is 0 Å². The Balaban J connectivity index is 1.79. The van der Waals surface area contributed by atoms with Gasteiger partial charge in [0.1, 0.15) is 18.5 Å². The van der Waals surface area contributed by atoms with Crippen molar-refractivity contribution in [3.05, 3.63) is 101 Å². The number of carbonyl (C=O) groups is 1. The largest absolute Gasteiger partial charge is 0.460 e. The Hall–Kier alpha value is -3.03.